The molecule has 0 radical (unpaired) electrons. The molecule has 0 aliphatic rings. The third kappa shape index (κ3) is 4.04. The molecule has 0 spiro atoms. The second kappa shape index (κ2) is 8.56. The molecule has 0 saturated heterocycles. The highest BCUT2D eigenvalue weighted by atomic mass is 16.5. The number of benzene rings is 2. The summed E-state index contributed by atoms with van der Waals surface area (Å²) in [5.74, 6) is 1.50. The fourth-order valence-electron chi connectivity index (χ4n) is 2.86. The minimum atomic E-state index is 0.630. The lowest BCUT2D eigenvalue weighted by atomic mass is 10.0. The van der Waals surface area contributed by atoms with Crippen molar-refractivity contribution in [2.24, 2.45) is 0 Å². The van der Waals surface area contributed by atoms with Crippen molar-refractivity contribution < 1.29 is 4.74 Å². The molecule has 2 aromatic rings. The van der Waals surface area contributed by atoms with Crippen LogP contribution in [0.5, 0.6) is 5.75 Å². The van der Waals surface area contributed by atoms with Crippen molar-refractivity contribution in [2.45, 2.75) is 39.5 Å². The van der Waals surface area contributed by atoms with Crippen LogP contribution in [0, 0.1) is 5.41 Å². The zero-order valence-corrected chi connectivity index (χ0v) is 14.6. The van der Waals surface area contributed by atoms with E-state index in [0.29, 0.717) is 5.84 Å². The van der Waals surface area contributed by atoms with Crippen molar-refractivity contribution in [3.8, 4) is 5.75 Å². The molecule has 2 rings (SSSR count). The fraction of sp³-hybridized carbons (Fsp3) is 0.450. The van der Waals surface area contributed by atoms with Crippen LogP contribution in [0.1, 0.15) is 45.1 Å². The van der Waals surface area contributed by atoms with Crippen LogP contribution in [0.3, 0.4) is 0 Å². The monoisotopic (exact) mass is 312 g/mol. The van der Waals surface area contributed by atoms with E-state index in [1.165, 1.54) is 0 Å². The van der Waals surface area contributed by atoms with Gasteiger partial charge in [0.25, 0.3) is 0 Å². The van der Waals surface area contributed by atoms with Gasteiger partial charge in [-0.1, -0.05) is 51.0 Å². The van der Waals surface area contributed by atoms with Crippen molar-refractivity contribution in [3.63, 3.8) is 0 Å². The zero-order chi connectivity index (χ0) is 16.7. The molecule has 0 aliphatic heterocycles. The minimum absolute atomic E-state index is 0.630. The van der Waals surface area contributed by atoms with Crippen LogP contribution >= 0.6 is 0 Å². The van der Waals surface area contributed by atoms with Gasteiger partial charge in [-0.2, -0.15) is 0 Å². The van der Waals surface area contributed by atoms with Crippen molar-refractivity contribution in [1.29, 1.82) is 5.41 Å². The fourth-order valence-corrected chi connectivity index (χ4v) is 2.86. The summed E-state index contributed by atoms with van der Waals surface area (Å²) in [5, 5.41) is 10.9. The highest BCUT2D eigenvalue weighted by molar-refractivity contribution is 6.09. The number of nitrogens with one attached hydrogen (secondary N) is 1. The number of unbranched alkanes of at least 4 members (excludes halogenated alkanes) is 2. The van der Waals surface area contributed by atoms with E-state index in [1.807, 2.05) is 24.3 Å². The van der Waals surface area contributed by atoms with Crippen molar-refractivity contribution in [1.82, 2.24) is 4.90 Å². The van der Waals surface area contributed by atoms with Gasteiger partial charge in [0.05, 0.1) is 7.11 Å². The second-order valence-electron chi connectivity index (χ2n) is 5.90. The summed E-state index contributed by atoms with van der Waals surface area (Å²) >= 11 is 0. The first kappa shape index (κ1) is 17.3. The van der Waals surface area contributed by atoms with Gasteiger partial charge in [-0.3, -0.25) is 5.41 Å². The maximum Gasteiger partial charge on any atom is 0.128 e. The average Bonchev–Trinajstić information content (AvgIpc) is 2.60. The van der Waals surface area contributed by atoms with E-state index in [0.717, 1.165) is 60.9 Å². The van der Waals surface area contributed by atoms with E-state index < -0.39 is 0 Å². The lowest BCUT2D eigenvalue weighted by Crippen LogP contribution is -2.33. The molecule has 0 bridgehead atoms. The number of hydrogen-bond donors (Lipinski definition) is 1. The Morgan fingerprint density at radius 3 is 2.13 bits per heavy atom. The standard InChI is InChI=1S/C20H28N2O/c1-4-6-14-22(15-7-5-2)20(21)18-12-13-19(23-3)17-11-9-8-10-16(17)18/h8-13,21H,4-7,14-15H2,1-3H3. The summed E-state index contributed by atoms with van der Waals surface area (Å²) in [6.45, 7) is 6.31. The van der Waals surface area contributed by atoms with Crippen LogP contribution in [0.2, 0.25) is 0 Å². The van der Waals surface area contributed by atoms with Crippen molar-refractivity contribution >= 4 is 16.6 Å². The van der Waals surface area contributed by atoms with Gasteiger partial charge in [-0.25, -0.2) is 0 Å². The van der Waals surface area contributed by atoms with Gasteiger partial charge in [0.15, 0.2) is 0 Å². The molecule has 0 saturated carbocycles. The van der Waals surface area contributed by atoms with E-state index in [-0.39, 0.29) is 0 Å². The molecule has 3 nitrogen and oxygen atoms in total. The number of methoxy groups -OCH3 is 1. The average molecular weight is 312 g/mol. The molecule has 0 amide bonds. The summed E-state index contributed by atoms with van der Waals surface area (Å²) in [6, 6.07) is 12.2. The van der Waals surface area contributed by atoms with Gasteiger partial charge in [0, 0.05) is 24.0 Å². The van der Waals surface area contributed by atoms with Gasteiger partial charge >= 0.3 is 0 Å². The third-order valence-electron chi connectivity index (χ3n) is 4.24. The Morgan fingerprint density at radius 1 is 0.957 bits per heavy atom. The Morgan fingerprint density at radius 2 is 1.57 bits per heavy atom. The third-order valence-corrected chi connectivity index (χ3v) is 4.24. The first-order chi connectivity index (χ1) is 11.2. The van der Waals surface area contributed by atoms with Gasteiger partial charge in [0.2, 0.25) is 0 Å². The van der Waals surface area contributed by atoms with Gasteiger partial charge < -0.3 is 9.64 Å². The number of amidine groups is 1. The zero-order valence-electron chi connectivity index (χ0n) is 14.6. The molecule has 0 unspecified atom stereocenters. The quantitative estimate of drug-likeness (QED) is 0.545. The SMILES string of the molecule is CCCCN(CCCC)C(=N)c1ccc(OC)c2ccccc12. The molecular formula is C20H28N2O. The topological polar surface area (TPSA) is 36.3 Å². The first-order valence-electron chi connectivity index (χ1n) is 8.62. The van der Waals surface area contributed by atoms with E-state index >= 15 is 0 Å². The number of fused-ring (bicyclic) bond motifs is 1. The Balaban J connectivity index is 2.38. The summed E-state index contributed by atoms with van der Waals surface area (Å²) in [5.41, 5.74) is 0.994. The Kier molecular flexibility index (Phi) is 6.45. The Bertz CT molecular complexity index is 643. The maximum atomic E-state index is 8.74. The van der Waals surface area contributed by atoms with Crippen LogP contribution in [0.25, 0.3) is 10.8 Å². The second-order valence-corrected chi connectivity index (χ2v) is 5.90. The number of rotatable bonds is 8. The lowest BCUT2D eigenvalue weighted by Gasteiger charge is -2.26. The smallest absolute Gasteiger partial charge is 0.128 e. The van der Waals surface area contributed by atoms with Crippen LogP contribution in [0.15, 0.2) is 36.4 Å². The minimum Gasteiger partial charge on any atom is -0.496 e. The van der Waals surface area contributed by atoms with Crippen LogP contribution in [0.4, 0.5) is 0 Å². The van der Waals surface area contributed by atoms with Gasteiger partial charge in [0.1, 0.15) is 11.6 Å². The molecule has 2 aromatic carbocycles. The number of ether oxygens (including phenoxy) is 1. The van der Waals surface area contributed by atoms with Crippen LogP contribution in [-0.2, 0) is 0 Å². The molecule has 0 aliphatic carbocycles. The summed E-state index contributed by atoms with van der Waals surface area (Å²) in [7, 11) is 1.70. The van der Waals surface area contributed by atoms with Crippen LogP contribution < -0.4 is 4.74 Å². The normalized spacial score (nSPS) is 10.7. The van der Waals surface area contributed by atoms with Gasteiger partial charge in [-0.05, 0) is 30.4 Å². The maximum absolute atomic E-state index is 8.74. The summed E-state index contributed by atoms with van der Waals surface area (Å²) < 4.78 is 5.47. The summed E-state index contributed by atoms with van der Waals surface area (Å²) in [4.78, 5) is 2.22. The van der Waals surface area contributed by atoms with E-state index in [1.54, 1.807) is 7.11 Å². The van der Waals surface area contributed by atoms with E-state index in [4.69, 9.17) is 10.1 Å². The number of hydrogen-bond acceptors (Lipinski definition) is 2. The van der Waals surface area contributed by atoms with E-state index in [9.17, 15) is 0 Å². The van der Waals surface area contributed by atoms with Gasteiger partial charge in [-0.15, -0.1) is 0 Å². The predicted octanol–water partition coefficient (Wildman–Crippen LogP) is 5.08. The van der Waals surface area contributed by atoms with Crippen molar-refractivity contribution in [2.75, 3.05) is 20.2 Å². The number of nitrogens with zero attached hydrogens (tertiary/aromatic N) is 1. The highest BCUT2D eigenvalue weighted by Crippen LogP contribution is 2.29. The Hall–Kier alpha value is -2.03. The van der Waals surface area contributed by atoms with Crippen LogP contribution in [-0.4, -0.2) is 30.9 Å². The molecule has 0 aromatic heterocycles. The highest BCUT2D eigenvalue weighted by Gasteiger charge is 2.15. The molecule has 3 heteroatoms. The molecule has 0 fully saturated rings. The molecule has 124 valence electrons. The lowest BCUT2D eigenvalue weighted by molar-refractivity contribution is 0.397. The van der Waals surface area contributed by atoms with Crippen molar-refractivity contribution in [3.05, 3.63) is 42.0 Å². The Labute approximate surface area is 139 Å². The molecule has 1 N–H and O–H groups in total. The predicted molar refractivity (Wildman–Crippen MR) is 98.7 cm³/mol. The first-order valence-corrected chi connectivity index (χ1v) is 8.62. The molecule has 0 heterocycles. The molecule has 23 heavy (non-hydrogen) atoms. The summed E-state index contributed by atoms with van der Waals surface area (Å²) in [6.07, 6.45) is 4.55. The molecule has 0 atom stereocenters. The largest absolute Gasteiger partial charge is 0.496 e. The van der Waals surface area contributed by atoms with E-state index in [2.05, 4.69) is 30.9 Å². The molecular weight excluding hydrogens is 284 g/mol.